The Kier molecular flexibility index (Phi) is 6.46. The van der Waals surface area contributed by atoms with Gasteiger partial charge in [0.15, 0.2) is 5.82 Å². The average molecular weight is 425 g/mol. The summed E-state index contributed by atoms with van der Waals surface area (Å²) in [6.07, 6.45) is 0. The van der Waals surface area contributed by atoms with Crippen molar-refractivity contribution in [2.24, 2.45) is 0 Å². The van der Waals surface area contributed by atoms with Gasteiger partial charge < -0.3 is 9.64 Å². The summed E-state index contributed by atoms with van der Waals surface area (Å²) in [4.78, 5) is 4.48. The molecule has 1 aromatic heterocycles. The number of halogens is 1. The Balaban J connectivity index is 1.61. The predicted molar refractivity (Wildman–Crippen MR) is 118 cm³/mol. The Hall–Kier alpha value is -3.00. The molecule has 164 valence electrons. The summed E-state index contributed by atoms with van der Waals surface area (Å²) in [5.74, 6) is 1.49. The van der Waals surface area contributed by atoms with E-state index in [0.29, 0.717) is 12.3 Å². The fourth-order valence-electron chi connectivity index (χ4n) is 4.11. The molecule has 1 saturated heterocycles. The van der Waals surface area contributed by atoms with Gasteiger partial charge in [-0.05, 0) is 61.0 Å². The number of hydrogen-bond donors (Lipinski definition) is 0. The van der Waals surface area contributed by atoms with E-state index in [0.717, 1.165) is 43.3 Å². The fourth-order valence-corrected chi connectivity index (χ4v) is 4.11. The van der Waals surface area contributed by atoms with E-state index in [1.807, 2.05) is 35.9 Å². The fraction of sp³-hybridized carbons (Fsp3) is 0.435. The number of para-hydroxylation sites is 1. The number of piperazine rings is 1. The first kappa shape index (κ1) is 21.2. The summed E-state index contributed by atoms with van der Waals surface area (Å²) in [6, 6.07) is 15.2. The molecule has 0 radical (unpaired) electrons. The largest absolute Gasteiger partial charge is 0.494 e. The molecule has 0 amide bonds. The minimum absolute atomic E-state index is 0.0872. The molecule has 4 rings (SSSR count). The molecule has 3 aromatic rings. The molecule has 1 aliphatic heterocycles. The SMILES string of the molecule is CCOc1ccc([C@H](c2nnnn2C(C)C)N2CCN(c3ccccc3F)CC2)cc1. The lowest BCUT2D eigenvalue weighted by molar-refractivity contribution is 0.198. The molecule has 0 saturated carbocycles. The van der Waals surface area contributed by atoms with E-state index < -0.39 is 0 Å². The standard InChI is InChI=1S/C23H29FN6O/c1-4-31-19-11-9-18(10-12-19)22(23-25-26-27-30(23)17(2)3)29-15-13-28(14-16-29)21-8-6-5-7-20(21)24/h5-12,17,22H,4,13-16H2,1-3H3/t22-/m1/s1. The Morgan fingerprint density at radius 3 is 2.35 bits per heavy atom. The molecular formula is C23H29FN6O. The third-order valence-corrected chi connectivity index (χ3v) is 5.63. The lowest BCUT2D eigenvalue weighted by atomic mass is 10.0. The quantitative estimate of drug-likeness (QED) is 0.576. The van der Waals surface area contributed by atoms with Crippen LogP contribution in [0.2, 0.25) is 0 Å². The Morgan fingerprint density at radius 2 is 1.71 bits per heavy atom. The second kappa shape index (κ2) is 9.43. The first-order valence-electron chi connectivity index (χ1n) is 10.8. The monoisotopic (exact) mass is 424 g/mol. The maximum Gasteiger partial charge on any atom is 0.173 e. The van der Waals surface area contributed by atoms with Crippen molar-refractivity contribution in [3.63, 3.8) is 0 Å². The molecule has 2 aromatic carbocycles. The van der Waals surface area contributed by atoms with Crippen LogP contribution >= 0.6 is 0 Å². The molecule has 1 atom stereocenters. The summed E-state index contributed by atoms with van der Waals surface area (Å²) in [5, 5.41) is 12.6. The highest BCUT2D eigenvalue weighted by Gasteiger charge is 2.31. The van der Waals surface area contributed by atoms with Crippen LogP contribution in [0.1, 0.15) is 44.2 Å². The lowest BCUT2D eigenvalue weighted by Gasteiger charge is -2.40. The number of hydrogen-bond acceptors (Lipinski definition) is 6. The van der Waals surface area contributed by atoms with Crippen LogP contribution in [0, 0.1) is 5.82 Å². The molecule has 1 fully saturated rings. The van der Waals surface area contributed by atoms with Gasteiger partial charge in [-0.1, -0.05) is 24.3 Å². The first-order valence-corrected chi connectivity index (χ1v) is 10.8. The van der Waals surface area contributed by atoms with E-state index in [1.165, 1.54) is 6.07 Å². The van der Waals surface area contributed by atoms with Gasteiger partial charge in [0.1, 0.15) is 11.6 Å². The number of nitrogens with zero attached hydrogens (tertiary/aromatic N) is 6. The molecule has 0 bridgehead atoms. The summed E-state index contributed by atoms with van der Waals surface area (Å²) >= 11 is 0. The molecule has 1 aliphatic rings. The second-order valence-electron chi connectivity index (χ2n) is 7.95. The zero-order valence-corrected chi connectivity index (χ0v) is 18.3. The van der Waals surface area contributed by atoms with E-state index >= 15 is 0 Å². The smallest absolute Gasteiger partial charge is 0.173 e. The van der Waals surface area contributed by atoms with Gasteiger partial charge in [0, 0.05) is 26.2 Å². The van der Waals surface area contributed by atoms with Crippen molar-refractivity contribution in [1.82, 2.24) is 25.1 Å². The van der Waals surface area contributed by atoms with Crippen LogP contribution in [0.3, 0.4) is 0 Å². The number of anilines is 1. The van der Waals surface area contributed by atoms with Crippen LogP contribution < -0.4 is 9.64 Å². The minimum Gasteiger partial charge on any atom is -0.494 e. The molecule has 31 heavy (non-hydrogen) atoms. The first-order chi connectivity index (χ1) is 15.1. The number of tetrazole rings is 1. The predicted octanol–water partition coefficient (Wildman–Crippen LogP) is 3.70. The van der Waals surface area contributed by atoms with E-state index in [2.05, 4.69) is 51.3 Å². The maximum atomic E-state index is 14.3. The van der Waals surface area contributed by atoms with Gasteiger partial charge in [-0.25, -0.2) is 9.07 Å². The molecule has 7 nitrogen and oxygen atoms in total. The van der Waals surface area contributed by atoms with Gasteiger partial charge >= 0.3 is 0 Å². The van der Waals surface area contributed by atoms with Crippen LogP contribution in [0.25, 0.3) is 0 Å². The molecule has 0 N–H and O–H groups in total. The Bertz CT molecular complexity index is 982. The molecule has 2 heterocycles. The van der Waals surface area contributed by atoms with Gasteiger partial charge in [0.25, 0.3) is 0 Å². The summed E-state index contributed by atoms with van der Waals surface area (Å²) in [5.41, 5.74) is 1.77. The van der Waals surface area contributed by atoms with Crippen LogP contribution in [-0.2, 0) is 0 Å². The summed E-state index contributed by atoms with van der Waals surface area (Å²) < 4.78 is 21.8. The molecule has 0 aliphatic carbocycles. The number of ether oxygens (including phenoxy) is 1. The van der Waals surface area contributed by atoms with E-state index in [1.54, 1.807) is 6.07 Å². The topological polar surface area (TPSA) is 59.3 Å². The van der Waals surface area contributed by atoms with Crippen molar-refractivity contribution in [3.8, 4) is 5.75 Å². The van der Waals surface area contributed by atoms with Gasteiger partial charge in [0.2, 0.25) is 0 Å². The highest BCUT2D eigenvalue weighted by Crippen LogP contribution is 2.31. The third-order valence-electron chi connectivity index (χ3n) is 5.63. The average Bonchev–Trinajstić information content (AvgIpc) is 3.26. The Labute approximate surface area is 182 Å². The van der Waals surface area contributed by atoms with Crippen molar-refractivity contribution in [3.05, 3.63) is 65.7 Å². The molecule has 0 spiro atoms. The van der Waals surface area contributed by atoms with Crippen molar-refractivity contribution in [2.75, 3.05) is 37.7 Å². The van der Waals surface area contributed by atoms with Crippen molar-refractivity contribution in [1.29, 1.82) is 0 Å². The maximum absolute atomic E-state index is 14.3. The summed E-state index contributed by atoms with van der Waals surface area (Å²) in [7, 11) is 0. The highest BCUT2D eigenvalue weighted by atomic mass is 19.1. The van der Waals surface area contributed by atoms with Gasteiger partial charge in [-0.2, -0.15) is 0 Å². The second-order valence-corrected chi connectivity index (χ2v) is 7.95. The molecular weight excluding hydrogens is 395 g/mol. The van der Waals surface area contributed by atoms with Crippen LogP contribution in [0.5, 0.6) is 5.75 Å². The van der Waals surface area contributed by atoms with Gasteiger partial charge in [-0.15, -0.1) is 5.10 Å². The van der Waals surface area contributed by atoms with Crippen molar-refractivity contribution < 1.29 is 9.13 Å². The zero-order valence-electron chi connectivity index (χ0n) is 18.3. The van der Waals surface area contributed by atoms with Crippen molar-refractivity contribution in [2.45, 2.75) is 32.9 Å². The highest BCUT2D eigenvalue weighted by molar-refractivity contribution is 5.48. The normalized spacial score (nSPS) is 16.0. The lowest BCUT2D eigenvalue weighted by Crippen LogP contribution is -2.48. The summed E-state index contributed by atoms with van der Waals surface area (Å²) in [6.45, 7) is 9.77. The molecule has 0 unspecified atom stereocenters. The minimum atomic E-state index is -0.178. The molecule has 8 heteroatoms. The van der Waals surface area contributed by atoms with E-state index in [4.69, 9.17) is 4.74 Å². The van der Waals surface area contributed by atoms with Crippen LogP contribution in [-0.4, -0.2) is 57.9 Å². The van der Waals surface area contributed by atoms with Gasteiger partial charge in [0.05, 0.1) is 24.4 Å². The third kappa shape index (κ3) is 4.54. The van der Waals surface area contributed by atoms with Crippen LogP contribution in [0.15, 0.2) is 48.5 Å². The number of benzene rings is 2. The van der Waals surface area contributed by atoms with E-state index in [-0.39, 0.29) is 17.9 Å². The number of aromatic nitrogens is 4. The van der Waals surface area contributed by atoms with Crippen molar-refractivity contribution >= 4 is 5.69 Å². The Morgan fingerprint density at radius 1 is 1.00 bits per heavy atom. The van der Waals surface area contributed by atoms with E-state index in [9.17, 15) is 4.39 Å². The van der Waals surface area contributed by atoms with Crippen LogP contribution in [0.4, 0.5) is 10.1 Å². The number of rotatable bonds is 7. The van der Waals surface area contributed by atoms with Gasteiger partial charge in [-0.3, -0.25) is 4.90 Å². The zero-order chi connectivity index (χ0) is 21.8.